The highest BCUT2D eigenvalue weighted by Gasteiger charge is 2.26. The van der Waals surface area contributed by atoms with Gasteiger partial charge in [0.05, 0.1) is 17.4 Å². The third-order valence-corrected chi connectivity index (χ3v) is 2.90. The number of anilines is 2. The molecule has 3 rings (SSSR count). The Balaban J connectivity index is 2.09. The van der Waals surface area contributed by atoms with Gasteiger partial charge in [0.2, 0.25) is 5.91 Å². The molecule has 0 unspecified atom stereocenters. The normalized spacial score (nSPS) is 16.1. The molecule has 3 N–H and O–H groups in total. The molecule has 18 heavy (non-hydrogen) atoms. The number of urea groups is 1. The van der Waals surface area contributed by atoms with Gasteiger partial charge in [-0.2, -0.15) is 5.10 Å². The molecule has 0 saturated carbocycles. The van der Waals surface area contributed by atoms with Crippen LogP contribution in [0.4, 0.5) is 16.3 Å². The van der Waals surface area contributed by atoms with Gasteiger partial charge < -0.3 is 5.73 Å². The van der Waals surface area contributed by atoms with Crippen LogP contribution in [-0.4, -0.2) is 28.1 Å². The third-order valence-electron chi connectivity index (χ3n) is 2.90. The van der Waals surface area contributed by atoms with E-state index in [4.69, 9.17) is 5.73 Å². The number of amides is 3. The maximum Gasteiger partial charge on any atom is 0.329 e. The molecule has 7 nitrogen and oxygen atoms in total. The molecule has 0 spiro atoms. The summed E-state index contributed by atoms with van der Waals surface area (Å²) in [5.74, 6) is 0.331. The average molecular weight is 245 g/mol. The summed E-state index contributed by atoms with van der Waals surface area (Å²) in [6.45, 7) is 0.337. The number of hydrogen-bond donors (Lipinski definition) is 2. The highest BCUT2D eigenvalue weighted by Crippen LogP contribution is 2.22. The van der Waals surface area contributed by atoms with Crippen LogP contribution in [-0.2, 0) is 4.79 Å². The molecule has 92 valence electrons. The summed E-state index contributed by atoms with van der Waals surface area (Å²) in [5.41, 5.74) is 7.14. The van der Waals surface area contributed by atoms with Crippen LogP contribution in [0.2, 0.25) is 0 Å². The lowest BCUT2D eigenvalue weighted by Crippen LogP contribution is -2.50. The third kappa shape index (κ3) is 1.48. The number of carbonyl (C=O) groups is 2. The van der Waals surface area contributed by atoms with Crippen molar-refractivity contribution in [1.82, 2.24) is 14.9 Å². The van der Waals surface area contributed by atoms with Gasteiger partial charge in [-0.05, 0) is 18.2 Å². The number of rotatable bonds is 1. The molecule has 1 aliphatic heterocycles. The van der Waals surface area contributed by atoms with Gasteiger partial charge in [0.15, 0.2) is 0 Å². The van der Waals surface area contributed by atoms with Gasteiger partial charge in [-0.15, -0.1) is 0 Å². The number of nitrogen functional groups attached to an aromatic ring is 1. The largest absolute Gasteiger partial charge is 0.397 e. The van der Waals surface area contributed by atoms with E-state index in [2.05, 4.69) is 10.4 Å². The molecular weight excluding hydrogens is 234 g/mol. The fraction of sp³-hybridized carbons (Fsp3) is 0.182. The number of pyridine rings is 1. The van der Waals surface area contributed by atoms with E-state index in [0.717, 1.165) is 5.52 Å². The lowest BCUT2D eigenvalue weighted by molar-refractivity contribution is -0.120. The Labute approximate surface area is 102 Å². The molecule has 1 fully saturated rings. The van der Waals surface area contributed by atoms with Crippen molar-refractivity contribution in [2.45, 2.75) is 6.42 Å². The topological polar surface area (TPSA) is 92.7 Å². The molecule has 3 heterocycles. The first kappa shape index (κ1) is 10.6. The zero-order valence-electron chi connectivity index (χ0n) is 9.46. The Morgan fingerprint density at radius 1 is 1.28 bits per heavy atom. The van der Waals surface area contributed by atoms with Crippen LogP contribution >= 0.6 is 0 Å². The fourth-order valence-electron chi connectivity index (χ4n) is 2.01. The van der Waals surface area contributed by atoms with E-state index in [1.807, 2.05) is 0 Å². The number of nitrogens with zero attached hydrogens (tertiary/aromatic N) is 3. The predicted octanol–water partition coefficient (Wildman–Crippen LogP) is 0.363. The summed E-state index contributed by atoms with van der Waals surface area (Å²) in [5, 5.41) is 6.41. The first-order chi connectivity index (χ1) is 8.66. The summed E-state index contributed by atoms with van der Waals surface area (Å²) in [6, 6.07) is 4.76. The van der Waals surface area contributed by atoms with Crippen LogP contribution in [0.5, 0.6) is 0 Å². The van der Waals surface area contributed by atoms with Crippen LogP contribution in [0.15, 0.2) is 24.4 Å². The van der Waals surface area contributed by atoms with Crippen LogP contribution < -0.4 is 16.0 Å². The maximum absolute atomic E-state index is 11.8. The number of carbonyl (C=O) groups excluding carboxylic acids is 2. The van der Waals surface area contributed by atoms with Gasteiger partial charge in [0.1, 0.15) is 5.82 Å². The summed E-state index contributed by atoms with van der Waals surface area (Å²) < 4.78 is 1.59. The Morgan fingerprint density at radius 2 is 2.11 bits per heavy atom. The van der Waals surface area contributed by atoms with Crippen LogP contribution in [0.1, 0.15) is 6.42 Å². The monoisotopic (exact) mass is 245 g/mol. The summed E-state index contributed by atoms with van der Waals surface area (Å²) in [7, 11) is 0. The number of imide groups is 1. The lowest BCUT2D eigenvalue weighted by atomic mass is 10.3. The minimum Gasteiger partial charge on any atom is -0.397 e. The quantitative estimate of drug-likeness (QED) is 0.758. The molecule has 0 radical (unpaired) electrons. The smallest absolute Gasteiger partial charge is 0.329 e. The van der Waals surface area contributed by atoms with Crippen LogP contribution in [0, 0.1) is 0 Å². The Bertz CT molecular complexity index is 648. The zero-order chi connectivity index (χ0) is 12.7. The van der Waals surface area contributed by atoms with Crippen molar-refractivity contribution < 1.29 is 9.59 Å². The Morgan fingerprint density at radius 3 is 2.89 bits per heavy atom. The highest BCUT2D eigenvalue weighted by molar-refractivity contribution is 6.05. The van der Waals surface area contributed by atoms with Gasteiger partial charge >= 0.3 is 6.03 Å². The molecule has 2 aromatic heterocycles. The van der Waals surface area contributed by atoms with Gasteiger partial charge in [-0.1, -0.05) is 0 Å². The molecule has 7 heteroatoms. The van der Waals surface area contributed by atoms with Gasteiger partial charge in [-0.3, -0.25) is 15.0 Å². The standard InChI is InChI=1S/C11H11N5O2/c12-7-1-2-10(16-8(7)3-5-13-16)15-6-4-9(17)14-11(15)18/h1-3,5H,4,6,12H2,(H,14,17,18). The van der Waals surface area contributed by atoms with Crippen molar-refractivity contribution in [2.75, 3.05) is 17.2 Å². The van der Waals surface area contributed by atoms with Crippen molar-refractivity contribution >= 4 is 29.0 Å². The second kappa shape index (κ2) is 3.73. The summed E-state index contributed by atoms with van der Waals surface area (Å²) >= 11 is 0. The number of nitrogens with two attached hydrogens (primary N) is 1. The number of fused-ring (bicyclic) bond motifs is 1. The van der Waals surface area contributed by atoms with Crippen molar-refractivity contribution in [3.8, 4) is 0 Å². The molecule has 1 aliphatic rings. The Hall–Kier alpha value is -2.57. The van der Waals surface area contributed by atoms with Crippen molar-refractivity contribution in [2.24, 2.45) is 0 Å². The molecule has 3 amide bonds. The van der Waals surface area contributed by atoms with E-state index in [1.54, 1.807) is 28.9 Å². The van der Waals surface area contributed by atoms with Crippen molar-refractivity contribution in [1.29, 1.82) is 0 Å². The minimum atomic E-state index is -0.437. The van der Waals surface area contributed by atoms with Crippen LogP contribution in [0.3, 0.4) is 0 Å². The molecule has 2 aromatic rings. The highest BCUT2D eigenvalue weighted by atomic mass is 16.2. The van der Waals surface area contributed by atoms with Gasteiger partial charge in [0.25, 0.3) is 0 Å². The molecule has 1 saturated heterocycles. The first-order valence-electron chi connectivity index (χ1n) is 5.50. The lowest BCUT2D eigenvalue weighted by Gasteiger charge is -2.26. The number of aromatic nitrogens is 2. The van der Waals surface area contributed by atoms with E-state index in [-0.39, 0.29) is 12.3 Å². The van der Waals surface area contributed by atoms with E-state index < -0.39 is 6.03 Å². The SMILES string of the molecule is Nc1ccc(N2CCC(=O)NC2=O)n2nccc12. The number of hydrogen-bond acceptors (Lipinski definition) is 4. The van der Waals surface area contributed by atoms with E-state index in [1.165, 1.54) is 4.90 Å². The summed E-state index contributed by atoms with van der Waals surface area (Å²) in [6.07, 6.45) is 1.89. The van der Waals surface area contributed by atoms with E-state index >= 15 is 0 Å². The minimum absolute atomic E-state index is 0.261. The molecule has 0 aromatic carbocycles. The second-order valence-corrected chi connectivity index (χ2v) is 4.03. The zero-order valence-corrected chi connectivity index (χ0v) is 9.46. The Kier molecular flexibility index (Phi) is 2.19. The molecular formula is C11H11N5O2. The van der Waals surface area contributed by atoms with E-state index in [0.29, 0.717) is 18.1 Å². The van der Waals surface area contributed by atoms with Gasteiger partial charge in [0, 0.05) is 13.0 Å². The molecule has 0 aliphatic carbocycles. The van der Waals surface area contributed by atoms with E-state index in [9.17, 15) is 9.59 Å². The first-order valence-corrected chi connectivity index (χ1v) is 5.50. The number of nitrogens with one attached hydrogen (secondary N) is 1. The molecule has 0 bridgehead atoms. The average Bonchev–Trinajstić information content (AvgIpc) is 2.81. The summed E-state index contributed by atoms with van der Waals surface area (Å²) in [4.78, 5) is 24.4. The van der Waals surface area contributed by atoms with Gasteiger partial charge in [-0.25, -0.2) is 9.31 Å². The fourth-order valence-corrected chi connectivity index (χ4v) is 2.01. The predicted molar refractivity (Wildman–Crippen MR) is 65.1 cm³/mol. The second-order valence-electron chi connectivity index (χ2n) is 4.03. The van der Waals surface area contributed by atoms with Crippen molar-refractivity contribution in [3.63, 3.8) is 0 Å². The maximum atomic E-state index is 11.8. The van der Waals surface area contributed by atoms with Crippen LogP contribution in [0.25, 0.3) is 5.52 Å². The molecule has 0 atom stereocenters. The van der Waals surface area contributed by atoms with Crippen molar-refractivity contribution in [3.05, 3.63) is 24.4 Å².